The molecular formula is C21H23NO. The monoisotopic (exact) mass is 305 g/mol. The molecule has 0 bridgehead atoms. The van der Waals surface area contributed by atoms with Crippen LogP contribution in [0.2, 0.25) is 0 Å². The van der Waals surface area contributed by atoms with Crippen LogP contribution in [0.4, 0.5) is 0 Å². The van der Waals surface area contributed by atoms with Gasteiger partial charge in [-0.2, -0.15) is 0 Å². The second-order valence-corrected chi connectivity index (χ2v) is 7.69. The summed E-state index contributed by atoms with van der Waals surface area (Å²) in [6.45, 7) is 13.6. The van der Waals surface area contributed by atoms with Crippen LogP contribution in [0.15, 0.2) is 53.8 Å². The number of hydrogen-bond acceptors (Lipinski definition) is 1. The van der Waals surface area contributed by atoms with E-state index in [1.165, 1.54) is 11.1 Å². The second kappa shape index (κ2) is 5.49. The Labute approximate surface area is 138 Å². The van der Waals surface area contributed by atoms with Crippen molar-refractivity contribution in [3.63, 3.8) is 0 Å². The predicted octanol–water partition coefficient (Wildman–Crippen LogP) is 4.98. The minimum atomic E-state index is -0.460. The van der Waals surface area contributed by atoms with Crippen molar-refractivity contribution in [2.75, 3.05) is 0 Å². The van der Waals surface area contributed by atoms with Gasteiger partial charge in [0.2, 0.25) is 5.70 Å². The topological polar surface area (TPSA) is 21.4 Å². The standard InChI is InChI=1S/C21H23NO/c1-20(2)18-11-10-16(12-15-8-6-5-7-9-15)13-21(18,3)14-17(22-4)19(20)23/h5-10,14,18H,11-13H2,1-3H3/t18-,21-/m0/s1. The van der Waals surface area contributed by atoms with Gasteiger partial charge in [-0.25, -0.2) is 4.85 Å². The van der Waals surface area contributed by atoms with Crippen LogP contribution in [0, 0.1) is 23.3 Å². The van der Waals surface area contributed by atoms with Gasteiger partial charge in [0.1, 0.15) is 0 Å². The molecule has 2 heteroatoms. The summed E-state index contributed by atoms with van der Waals surface area (Å²) in [6, 6.07) is 10.5. The van der Waals surface area contributed by atoms with Gasteiger partial charge in [0, 0.05) is 5.41 Å². The normalized spacial score (nSPS) is 29.1. The first-order valence-electron chi connectivity index (χ1n) is 8.24. The zero-order valence-electron chi connectivity index (χ0n) is 14.1. The Balaban J connectivity index is 1.93. The van der Waals surface area contributed by atoms with Gasteiger partial charge in [0.25, 0.3) is 0 Å². The first kappa shape index (κ1) is 15.7. The molecule has 2 nitrogen and oxygen atoms in total. The summed E-state index contributed by atoms with van der Waals surface area (Å²) in [6.07, 6.45) is 7.08. The molecule has 0 heterocycles. The lowest BCUT2D eigenvalue weighted by atomic mass is 9.53. The molecule has 0 saturated carbocycles. The van der Waals surface area contributed by atoms with Gasteiger partial charge in [0.15, 0.2) is 5.78 Å². The van der Waals surface area contributed by atoms with E-state index in [4.69, 9.17) is 6.57 Å². The highest BCUT2D eigenvalue weighted by Crippen LogP contribution is 2.55. The molecule has 0 fully saturated rings. The zero-order valence-corrected chi connectivity index (χ0v) is 14.1. The van der Waals surface area contributed by atoms with Gasteiger partial charge < -0.3 is 4.79 Å². The molecule has 0 amide bonds. The quantitative estimate of drug-likeness (QED) is 0.557. The summed E-state index contributed by atoms with van der Waals surface area (Å²) in [5.41, 5.74) is 2.51. The number of ketones is 1. The molecule has 23 heavy (non-hydrogen) atoms. The molecular weight excluding hydrogens is 282 g/mol. The molecule has 0 aromatic heterocycles. The Morgan fingerprint density at radius 3 is 2.57 bits per heavy atom. The van der Waals surface area contributed by atoms with Gasteiger partial charge in [0.05, 0.1) is 6.57 Å². The fourth-order valence-electron chi connectivity index (χ4n) is 4.45. The predicted molar refractivity (Wildman–Crippen MR) is 92.5 cm³/mol. The molecule has 1 aromatic rings. The van der Waals surface area contributed by atoms with Gasteiger partial charge >= 0.3 is 0 Å². The van der Waals surface area contributed by atoms with Gasteiger partial charge in [-0.15, -0.1) is 0 Å². The Kier molecular flexibility index (Phi) is 3.76. The molecule has 3 rings (SSSR count). The summed E-state index contributed by atoms with van der Waals surface area (Å²) in [7, 11) is 0. The molecule has 0 N–H and O–H groups in total. The van der Waals surface area contributed by atoms with E-state index < -0.39 is 5.41 Å². The van der Waals surface area contributed by atoms with Gasteiger partial charge in [-0.1, -0.05) is 68.8 Å². The highest BCUT2D eigenvalue weighted by molar-refractivity contribution is 6.02. The highest BCUT2D eigenvalue weighted by atomic mass is 16.1. The molecule has 118 valence electrons. The van der Waals surface area contributed by atoms with E-state index in [1.54, 1.807) is 0 Å². The van der Waals surface area contributed by atoms with E-state index in [1.807, 2.05) is 26.0 Å². The van der Waals surface area contributed by atoms with Crippen LogP contribution in [0.5, 0.6) is 0 Å². The maximum absolute atomic E-state index is 12.5. The molecule has 2 aliphatic rings. The van der Waals surface area contributed by atoms with Crippen molar-refractivity contribution in [2.24, 2.45) is 16.7 Å². The maximum Gasteiger partial charge on any atom is 0.226 e. The van der Waals surface area contributed by atoms with Crippen LogP contribution in [0.25, 0.3) is 4.85 Å². The van der Waals surface area contributed by atoms with Crippen molar-refractivity contribution in [3.8, 4) is 0 Å². The zero-order chi connectivity index (χ0) is 16.7. The van der Waals surface area contributed by atoms with Crippen molar-refractivity contribution in [2.45, 2.75) is 40.0 Å². The summed E-state index contributed by atoms with van der Waals surface area (Å²) >= 11 is 0. The summed E-state index contributed by atoms with van der Waals surface area (Å²) in [4.78, 5) is 16.1. The van der Waals surface area contributed by atoms with Gasteiger partial charge in [-0.05, 0) is 36.2 Å². The SMILES string of the molecule is [C-]#[N+]C1=C[C@]2(C)CC(Cc3ccccc3)=CC[C@H]2C(C)(C)C1=O. The van der Waals surface area contributed by atoms with E-state index in [0.717, 1.165) is 19.3 Å². The van der Waals surface area contributed by atoms with Crippen LogP contribution in [-0.4, -0.2) is 5.78 Å². The summed E-state index contributed by atoms with van der Waals surface area (Å²) < 4.78 is 0. The number of hydrogen-bond donors (Lipinski definition) is 0. The van der Waals surface area contributed by atoms with Crippen molar-refractivity contribution >= 4 is 5.78 Å². The number of carbonyl (C=O) groups is 1. The molecule has 1 aromatic carbocycles. The molecule has 0 spiro atoms. The van der Waals surface area contributed by atoms with Crippen LogP contribution in [0.3, 0.4) is 0 Å². The number of carbonyl (C=O) groups excluding carboxylic acids is 1. The van der Waals surface area contributed by atoms with E-state index >= 15 is 0 Å². The molecule has 2 atom stereocenters. The molecule has 2 aliphatic carbocycles. The number of nitrogens with zero attached hydrogens (tertiary/aromatic N) is 1. The summed E-state index contributed by atoms with van der Waals surface area (Å²) in [5, 5.41) is 0. The minimum Gasteiger partial charge on any atom is -0.307 e. The summed E-state index contributed by atoms with van der Waals surface area (Å²) in [5.74, 6) is 0.280. The lowest BCUT2D eigenvalue weighted by Gasteiger charge is -2.50. The fourth-order valence-corrected chi connectivity index (χ4v) is 4.45. The smallest absolute Gasteiger partial charge is 0.226 e. The number of rotatable bonds is 2. The van der Waals surface area contributed by atoms with E-state index in [9.17, 15) is 4.79 Å². The number of allylic oxidation sites excluding steroid dienone is 4. The average molecular weight is 305 g/mol. The van der Waals surface area contributed by atoms with Crippen molar-refractivity contribution in [3.05, 3.63) is 70.7 Å². The van der Waals surface area contributed by atoms with Crippen LogP contribution in [-0.2, 0) is 11.2 Å². The number of fused-ring (bicyclic) bond motifs is 1. The minimum absolute atomic E-state index is 0.00915. The first-order valence-corrected chi connectivity index (χ1v) is 8.24. The molecule has 0 aliphatic heterocycles. The molecule has 0 unspecified atom stereocenters. The molecule has 0 saturated heterocycles. The third kappa shape index (κ3) is 2.65. The Bertz CT molecular complexity index is 733. The Morgan fingerprint density at radius 2 is 1.91 bits per heavy atom. The first-order chi connectivity index (χ1) is 10.9. The van der Waals surface area contributed by atoms with Crippen LogP contribution in [0.1, 0.15) is 39.2 Å². The largest absolute Gasteiger partial charge is 0.307 e. The van der Waals surface area contributed by atoms with Crippen LogP contribution < -0.4 is 0 Å². The lowest BCUT2D eigenvalue weighted by molar-refractivity contribution is -0.129. The van der Waals surface area contributed by atoms with Crippen LogP contribution >= 0.6 is 0 Å². The maximum atomic E-state index is 12.5. The van der Waals surface area contributed by atoms with Crippen molar-refractivity contribution < 1.29 is 4.79 Å². The van der Waals surface area contributed by atoms with Crippen molar-refractivity contribution in [1.82, 2.24) is 0 Å². The lowest BCUT2D eigenvalue weighted by Crippen LogP contribution is -2.47. The molecule has 0 radical (unpaired) electrons. The Hall–Kier alpha value is -2.14. The highest BCUT2D eigenvalue weighted by Gasteiger charge is 2.51. The third-order valence-electron chi connectivity index (χ3n) is 5.60. The fraction of sp³-hybridized carbons (Fsp3) is 0.429. The third-order valence-corrected chi connectivity index (χ3v) is 5.60. The Morgan fingerprint density at radius 1 is 1.22 bits per heavy atom. The number of Topliss-reactive ketones (excluding diaryl/α,β-unsaturated/α-hetero) is 1. The number of benzene rings is 1. The van der Waals surface area contributed by atoms with Crippen molar-refractivity contribution in [1.29, 1.82) is 0 Å². The average Bonchev–Trinajstić information content (AvgIpc) is 2.52. The van der Waals surface area contributed by atoms with E-state index in [-0.39, 0.29) is 17.1 Å². The van der Waals surface area contributed by atoms with E-state index in [2.05, 4.69) is 42.1 Å². The van der Waals surface area contributed by atoms with Gasteiger partial charge in [-0.3, -0.25) is 0 Å². The van der Waals surface area contributed by atoms with E-state index in [0.29, 0.717) is 5.70 Å². The second-order valence-electron chi connectivity index (χ2n) is 7.69.